The second-order valence-corrected chi connectivity index (χ2v) is 16.5. The summed E-state index contributed by atoms with van der Waals surface area (Å²) >= 11 is 0. The van der Waals surface area contributed by atoms with Crippen LogP contribution in [0.25, 0.3) is 45.1 Å². The molecule has 2 unspecified atom stereocenters. The Balaban J connectivity index is 1.50. The molecule has 6 rings (SSSR count). The maximum Gasteiger partial charge on any atom is 0.178 e. The molecule has 0 amide bonds. The van der Waals surface area contributed by atoms with Gasteiger partial charge in [0, 0.05) is 87.8 Å². The molecular formula is C51H74N12O. The fourth-order valence-corrected chi connectivity index (χ4v) is 9.10. The van der Waals surface area contributed by atoms with Gasteiger partial charge in [-0.05, 0) is 101 Å². The largest absolute Gasteiger partial charge is 0.369 e. The lowest BCUT2D eigenvalue weighted by molar-refractivity contribution is -0.111. The van der Waals surface area contributed by atoms with Crippen molar-refractivity contribution in [1.82, 2.24) is 48.7 Å². The van der Waals surface area contributed by atoms with Crippen molar-refractivity contribution in [2.75, 3.05) is 108 Å². The molecule has 0 aliphatic carbocycles. The van der Waals surface area contributed by atoms with Gasteiger partial charge in [-0.3, -0.25) is 0 Å². The van der Waals surface area contributed by atoms with E-state index in [1.54, 1.807) is 12.4 Å². The number of hydrogen-bond donors (Lipinski definition) is 0. The van der Waals surface area contributed by atoms with Gasteiger partial charge in [-0.2, -0.15) is 0 Å². The van der Waals surface area contributed by atoms with Crippen LogP contribution in [-0.2, 0) is 11.8 Å². The summed E-state index contributed by atoms with van der Waals surface area (Å²) in [5.74, 6) is 1.60. The first-order valence-corrected chi connectivity index (χ1v) is 23.9. The molecule has 2 aromatic carbocycles. The molecule has 0 radical (unpaired) electrons. The number of pyridine rings is 2. The first-order chi connectivity index (χ1) is 31.2. The molecule has 6 aromatic rings. The minimum absolute atomic E-state index is 0.274. The molecule has 0 aliphatic heterocycles. The molecular weight excluding hydrogens is 797 g/mol. The van der Waals surface area contributed by atoms with Crippen LogP contribution in [0.2, 0.25) is 0 Å². The van der Waals surface area contributed by atoms with E-state index < -0.39 is 6.04 Å². The highest BCUT2D eigenvalue weighted by Gasteiger charge is 2.34. The number of carbonyl (C=O) groups is 1. The van der Waals surface area contributed by atoms with Crippen LogP contribution in [-0.4, -0.2) is 159 Å². The summed E-state index contributed by atoms with van der Waals surface area (Å²) < 4.78 is 4.30. The number of aromatic nitrogens is 6. The van der Waals surface area contributed by atoms with Crippen molar-refractivity contribution in [3.05, 3.63) is 85.2 Å². The zero-order valence-corrected chi connectivity index (χ0v) is 40.2. The highest BCUT2D eigenvalue weighted by atomic mass is 16.1. The standard InChI is InChI=1S/C51H74N12O/c1-10-57(11-2)30-33-61(34-31-58(12-3)13-4)42-24-18-23-41(36-42)51-55-49-45(27-21-29-53-49)63(51)47(39-64)46(38-60(16-7)17-8)62(35-32-59(14-5)15-6)43-25-19-22-40(37-43)50-54-48-44(56(50)9)26-20-28-52-48/h18-29,36-37,39,46-47H,10-17,30-35,38H2,1-9H3. The van der Waals surface area contributed by atoms with Gasteiger partial charge in [-0.15, -0.1) is 0 Å². The summed E-state index contributed by atoms with van der Waals surface area (Å²) in [5, 5.41) is 0. The third-order valence-electron chi connectivity index (χ3n) is 13.3. The number of aryl methyl sites for hydroxylation is 1. The van der Waals surface area contributed by atoms with Crippen LogP contribution >= 0.6 is 0 Å². The molecule has 4 heterocycles. The van der Waals surface area contributed by atoms with Crippen LogP contribution in [0.1, 0.15) is 61.4 Å². The van der Waals surface area contributed by atoms with Crippen LogP contribution in [0.15, 0.2) is 85.2 Å². The van der Waals surface area contributed by atoms with E-state index in [2.05, 4.69) is 160 Å². The van der Waals surface area contributed by atoms with Gasteiger partial charge in [-0.1, -0.05) is 79.7 Å². The zero-order chi connectivity index (χ0) is 45.6. The summed E-state index contributed by atoms with van der Waals surface area (Å²) in [4.78, 5) is 48.8. The number of hydrogen-bond acceptors (Lipinski definition) is 11. The van der Waals surface area contributed by atoms with Gasteiger partial charge in [0.05, 0.1) is 17.1 Å². The first-order valence-electron chi connectivity index (χ1n) is 23.9. The number of carbonyl (C=O) groups excluding carboxylic acids is 1. The van der Waals surface area contributed by atoms with Crippen molar-refractivity contribution in [3.8, 4) is 22.8 Å². The summed E-state index contributed by atoms with van der Waals surface area (Å²) in [6.07, 6.45) is 4.74. The Morgan fingerprint density at radius 1 is 0.547 bits per heavy atom. The number of benzene rings is 2. The predicted molar refractivity (Wildman–Crippen MR) is 267 cm³/mol. The number of aldehydes is 1. The van der Waals surface area contributed by atoms with Crippen LogP contribution < -0.4 is 9.80 Å². The Morgan fingerprint density at radius 2 is 1.03 bits per heavy atom. The third kappa shape index (κ3) is 11.2. The number of anilines is 2. The smallest absolute Gasteiger partial charge is 0.178 e. The Morgan fingerprint density at radius 3 is 1.58 bits per heavy atom. The molecule has 13 heteroatoms. The normalized spacial score (nSPS) is 13.0. The first kappa shape index (κ1) is 48.3. The highest BCUT2D eigenvalue weighted by Crippen LogP contribution is 2.35. The van der Waals surface area contributed by atoms with Crippen molar-refractivity contribution in [3.63, 3.8) is 0 Å². The third-order valence-corrected chi connectivity index (χ3v) is 13.3. The molecule has 0 fully saturated rings. The van der Waals surface area contributed by atoms with Gasteiger partial charge in [0.2, 0.25) is 0 Å². The van der Waals surface area contributed by atoms with E-state index >= 15 is 0 Å². The Hall–Kier alpha value is -5.21. The monoisotopic (exact) mass is 871 g/mol. The van der Waals surface area contributed by atoms with E-state index in [-0.39, 0.29) is 6.04 Å². The van der Waals surface area contributed by atoms with Gasteiger partial charge in [0.15, 0.2) is 11.3 Å². The van der Waals surface area contributed by atoms with Gasteiger partial charge < -0.3 is 43.3 Å². The molecule has 64 heavy (non-hydrogen) atoms. The van der Waals surface area contributed by atoms with Crippen molar-refractivity contribution in [1.29, 1.82) is 0 Å². The lowest BCUT2D eigenvalue weighted by Gasteiger charge is -2.41. The van der Waals surface area contributed by atoms with Crippen LogP contribution in [0, 0.1) is 0 Å². The SMILES string of the molecule is CCN(CC)CCN(CCN(CC)CC)c1cccc(-c2nc3ncccc3n2C(C=O)C(CN(CC)CC)N(CCN(CC)CC)c2cccc(-c3nc4ncccc4n3C)c2)c1. The number of fused-ring (bicyclic) bond motifs is 2. The number of imidazole rings is 2. The molecule has 0 saturated heterocycles. The van der Waals surface area contributed by atoms with Crippen LogP contribution in [0.3, 0.4) is 0 Å². The highest BCUT2D eigenvalue weighted by molar-refractivity contribution is 5.81. The van der Waals surface area contributed by atoms with Crippen molar-refractivity contribution < 1.29 is 4.79 Å². The van der Waals surface area contributed by atoms with E-state index in [0.29, 0.717) is 12.2 Å². The second kappa shape index (κ2) is 23.6. The van der Waals surface area contributed by atoms with Crippen LogP contribution in [0.4, 0.5) is 11.4 Å². The second-order valence-electron chi connectivity index (χ2n) is 16.5. The van der Waals surface area contributed by atoms with E-state index in [1.165, 1.54) is 0 Å². The molecule has 0 spiro atoms. The molecule has 344 valence electrons. The summed E-state index contributed by atoms with van der Waals surface area (Å²) in [6, 6.07) is 24.6. The van der Waals surface area contributed by atoms with Crippen molar-refractivity contribution in [2.24, 2.45) is 7.05 Å². The Labute approximate surface area is 382 Å². The summed E-state index contributed by atoms with van der Waals surface area (Å²) in [5.41, 5.74) is 7.32. The Kier molecular flexibility index (Phi) is 17.8. The number of nitrogens with zero attached hydrogens (tertiary/aromatic N) is 12. The molecule has 0 N–H and O–H groups in total. The van der Waals surface area contributed by atoms with Crippen LogP contribution in [0.5, 0.6) is 0 Å². The predicted octanol–water partition coefficient (Wildman–Crippen LogP) is 7.84. The van der Waals surface area contributed by atoms with Crippen molar-refractivity contribution >= 4 is 40.0 Å². The minimum Gasteiger partial charge on any atom is -0.369 e. The molecule has 13 nitrogen and oxygen atoms in total. The van der Waals surface area contributed by atoms with Gasteiger partial charge >= 0.3 is 0 Å². The topological polar surface area (TPSA) is 97.9 Å². The Bertz CT molecular complexity index is 2330. The van der Waals surface area contributed by atoms with E-state index in [4.69, 9.17) is 15.0 Å². The van der Waals surface area contributed by atoms with E-state index in [9.17, 15) is 4.79 Å². The molecule has 4 aromatic heterocycles. The van der Waals surface area contributed by atoms with Gasteiger partial charge in [0.1, 0.15) is 24.0 Å². The number of likely N-dealkylation sites (N-methyl/N-ethyl adjacent to an activating group) is 4. The molecule has 0 saturated carbocycles. The molecule has 0 bridgehead atoms. The average Bonchev–Trinajstić information content (AvgIpc) is 3.89. The average molecular weight is 871 g/mol. The fourth-order valence-electron chi connectivity index (χ4n) is 9.10. The maximum atomic E-state index is 14.3. The zero-order valence-electron chi connectivity index (χ0n) is 40.2. The van der Waals surface area contributed by atoms with E-state index in [0.717, 1.165) is 149 Å². The quantitative estimate of drug-likeness (QED) is 0.0474. The minimum atomic E-state index is -0.616. The number of rotatable bonds is 27. The lowest BCUT2D eigenvalue weighted by Crippen LogP contribution is -2.51. The van der Waals surface area contributed by atoms with Gasteiger partial charge in [-0.25, -0.2) is 19.9 Å². The summed E-state index contributed by atoms with van der Waals surface area (Å²) in [7, 11) is 2.05. The fraction of sp³-hybridized carbons (Fsp3) is 0.510. The summed E-state index contributed by atoms with van der Waals surface area (Å²) in [6.45, 7) is 31.5. The lowest BCUT2D eigenvalue weighted by atomic mass is 10.0. The van der Waals surface area contributed by atoms with Gasteiger partial charge in [0.25, 0.3) is 0 Å². The maximum absolute atomic E-state index is 14.3. The van der Waals surface area contributed by atoms with Crippen molar-refractivity contribution in [2.45, 2.75) is 67.5 Å². The molecule has 2 atom stereocenters. The molecule has 0 aliphatic rings. The van der Waals surface area contributed by atoms with E-state index in [1.807, 2.05) is 19.2 Å².